The summed E-state index contributed by atoms with van der Waals surface area (Å²) in [6.07, 6.45) is 8.03. The molecule has 0 unspecified atom stereocenters. The van der Waals surface area contributed by atoms with E-state index in [1.807, 2.05) is 19.9 Å². The van der Waals surface area contributed by atoms with Crippen LogP contribution in [-0.4, -0.2) is 22.8 Å². The second-order valence-electron chi connectivity index (χ2n) is 4.38. The Hall–Kier alpha value is -2.49. The molecule has 0 fully saturated rings. The van der Waals surface area contributed by atoms with E-state index in [4.69, 9.17) is 9.84 Å². The van der Waals surface area contributed by atoms with Crippen LogP contribution in [0.5, 0.6) is 11.5 Å². The minimum atomic E-state index is -0.416. The van der Waals surface area contributed by atoms with Gasteiger partial charge in [0.25, 0.3) is 0 Å². The monoisotopic (exact) mass is 274 g/mol. The molecule has 0 atom stereocenters. The van der Waals surface area contributed by atoms with E-state index in [9.17, 15) is 9.90 Å². The summed E-state index contributed by atoms with van der Waals surface area (Å²) >= 11 is 0. The van der Waals surface area contributed by atoms with Gasteiger partial charge in [-0.05, 0) is 37.6 Å². The maximum atomic E-state index is 11.3. The molecule has 0 aromatic heterocycles. The lowest BCUT2D eigenvalue weighted by molar-refractivity contribution is -0.136. The minimum Gasteiger partial charge on any atom is -0.504 e. The first-order valence-electron chi connectivity index (χ1n) is 6.16. The van der Waals surface area contributed by atoms with E-state index in [1.165, 1.54) is 18.2 Å². The largest absolute Gasteiger partial charge is 0.504 e. The molecule has 1 aromatic carbocycles. The molecule has 0 amide bonds. The first-order valence-corrected chi connectivity index (χ1v) is 6.16. The molecule has 0 bridgehead atoms. The van der Waals surface area contributed by atoms with Crippen LogP contribution >= 0.6 is 0 Å². The minimum absolute atomic E-state index is 0.166. The number of carbonyl (C=O) groups is 1. The van der Waals surface area contributed by atoms with E-state index < -0.39 is 5.97 Å². The third kappa shape index (κ3) is 5.91. The Morgan fingerprint density at radius 2 is 1.95 bits per heavy atom. The van der Waals surface area contributed by atoms with Crippen LogP contribution < -0.4 is 0 Å². The molecular weight excluding hydrogens is 256 g/mol. The summed E-state index contributed by atoms with van der Waals surface area (Å²) in [6.45, 7) is 4.13. The Kier molecular flexibility index (Phi) is 6.10. The fourth-order valence-electron chi connectivity index (χ4n) is 1.28. The number of hydrogen-bond acceptors (Lipinski definition) is 4. The van der Waals surface area contributed by atoms with E-state index in [-0.39, 0.29) is 18.1 Å². The van der Waals surface area contributed by atoms with Gasteiger partial charge < -0.3 is 14.9 Å². The molecule has 4 nitrogen and oxygen atoms in total. The van der Waals surface area contributed by atoms with Gasteiger partial charge in [0.2, 0.25) is 0 Å². The van der Waals surface area contributed by atoms with Gasteiger partial charge in [-0.3, -0.25) is 0 Å². The van der Waals surface area contributed by atoms with Gasteiger partial charge in [0.05, 0.1) is 0 Å². The van der Waals surface area contributed by atoms with Crippen LogP contribution in [0.4, 0.5) is 0 Å². The summed E-state index contributed by atoms with van der Waals surface area (Å²) in [7, 11) is 0. The molecule has 1 rings (SSSR count). The number of phenolic OH excluding ortho intramolecular Hbond substituents is 2. The number of benzene rings is 1. The number of carbonyl (C=O) groups excluding carboxylic acids is 1. The fourth-order valence-corrected chi connectivity index (χ4v) is 1.28. The van der Waals surface area contributed by atoms with Crippen molar-refractivity contribution in [2.24, 2.45) is 0 Å². The molecular formula is C16H18O4. The van der Waals surface area contributed by atoms with Crippen molar-refractivity contribution in [3.05, 3.63) is 53.6 Å². The Morgan fingerprint density at radius 3 is 2.60 bits per heavy atom. The van der Waals surface area contributed by atoms with Gasteiger partial charge in [0.15, 0.2) is 11.5 Å². The number of rotatable bonds is 5. The zero-order valence-corrected chi connectivity index (χ0v) is 11.5. The van der Waals surface area contributed by atoms with Crippen molar-refractivity contribution in [3.8, 4) is 11.5 Å². The molecule has 0 saturated heterocycles. The molecule has 4 heteroatoms. The second-order valence-corrected chi connectivity index (χ2v) is 4.38. The number of ether oxygens (including phenoxy) is 1. The molecule has 0 heterocycles. The third-order valence-corrected chi connectivity index (χ3v) is 2.35. The second kappa shape index (κ2) is 7.84. The van der Waals surface area contributed by atoms with Crippen LogP contribution in [0.25, 0.3) is 6.08 Å². The smallest absolute Gasteiger partial charge is 0.331 e. The zero-order chi connectivity index (χ0) is 15.0. The van der Waals surface area contributed by atoms with E-state index >= 15 is 0 Å². The first-order chi connectivity index (χ1) is 9.49. The molecule has 2 N–H and O–H groups in total. The Balaban J connectivity index is 2.47. The highest BCUT2D eigenvalue weighted by molar-refractivity contribution is 5.82. The summed E-state index contributed by atoms with van der Waals surface area (Å²) in [5.41, 5.74) is 1.80. The molecule has 106 valence electrons. The van der Waals surface area contributed by atoms with E-state index in [2.05, 4.69) is 0 Å². The molecule has 0 aliphatic carbocycles. The quantitative estimate of drug-likeness (QED) is 0.284. The van der Waals surface area contributed by atoms with Crippen molar-refractivity contribution in [2.75, 3.05) is 6.61 Å². The highest BCUT2D eigenvalue weighted by Gasteiger charge is 1.97. The standard InChI is InChI=1S/C16H18O4/c1-12(2)9-10-20-16(19)6-4-3-5-13-7-8-14(17)15(18)11-13/h3-9,11,17-18H,10H2,1-2H3. The molecule has 1 aromatic rings. The lowest BCUT2D eigenvalue weighted by Gasteiger charge is -1.98. The van der Waals surface area contributed by atoms with Crippen molar-refractivity contribution < 1.29 is 19.7 Å². The predicted molar refractivity (Wildman–Crippen MR) is 78.3 cm³/mol. The number of esters is 1. The number of hydrogen-bond donors (Lipinski definition) is 2. The summed E-state index contributed by atoms with van der Waals surface area (Å²) in [5, 5.41) is 18.5. The van der Waals surface area contributed by atoms with Crippen LogP contribution in [0.15, 0.2) is 48.1 Å². The van der Waals surface area contributed by atoms with Crippen molar-refractivity contribution in [3.63, 3.8) is 0 Å². The normalized spacial score (nSPS) is 10.9. The van der Waals surface area contributed by atoms with Crippen LogP contribution in [0.1, 0.15) is 19.4 Å². The van der Waals surface area contributed by atoms with Gasteiger partial charge in [-0.1, -0.05) is 29.9 Å². The van der Waals surface area contributed by atoms with Gasteiger partial charge in [-0.25, -0.2) is 4.79 Å². The Bertz CT molecular complexity index is 550. The molecule has 0 spiro atoms. The van der Waals surface area contributed by atoms with Crippen molar-refractivity contribution in [1.82, 2.24) is 0 Å². The van der Waals surface area contributed by atoms with Gasteiger partial charge in [0, 0.05) is 6.08 Å². The lowest BCUT2D eigenvalue weighted by Crippen LogP contribution is -2.00. The van der Waals surface area contributed by atoms with Gasteiger partial charge in [0.1, 0.15) is 6.61 Å². The summed E-state index contributed by atoms with van der Waals surface area (Å²) in [5.74, 6) is -0.765. The SMILES string of the molecule is CC(C)=CCOC(=O)C=CC=Cc1ccc(O)c(O)c1. The van der Waals surface area contributed by atoms with E-state index in [0.717, 1.165) is 5.57 Å². The van der Waals surface area contributed by atoms with Crippen molar-refractivity contribution in [2.45, 2.75) is 13.8 Å². The van der Waals surface area contributed by atoms with Gasteiger partial charge in [-0.2, -0.15) is 0 Å². The fraction of sp³-hybridized carbons (Fsp3) is 0.188. The maximum Gasteiger partial charge on any atom is 0.331 e. The first kappa shape index (κ1) is 15.6. The van der Waals surface area contributed by atoms with E-state index in [0.29, 0.717) is 5.56 Å². The molecule has 20 heavy (non-hydrogen) atoms. The summed E-state index contributed by atoms with van der Waals surface area (Å²) < 4.78 is 4.93. The van der Waals surface area contributed by atoms with Gasteiger partial charge >= 0.3 is 5.97 Å². The third-order valence-electron chi connectivity index (χ3n) is 2.35. The number of phenols is 2. The zero-order valence-electron chi connectivity index (χ0n) is 11.5. The molecule has 0 radical (unpaired) electrons. The molecule has 0 saturated carbocycles. The average molecular weight is 274 g/mol. The molecule has 0 aliphatic heterocycles. The predicted octanol–water partition coefficient (Wildman–Crippen LogP) is 3.18. The highest BCUT2D eigenvalue weighted by atomic mass is 16.5. The Morgan fingerprint density at radius 1 is 1.20 bits per heavy atom. The van der Waals surface area contributed by atoms with Crippen LogP contribution in [-0.2, 0) is 9.53 Å². The average Bonchev–Trinajstić information content (AvgIpc) is 2.38. The van der Waals surface area contributed by atoms with E-state index in [1.54, 1.807) is 24.3 Å². The summed E-state index contributed by atoms with van der Waals surface area (Å²) in [6, 6.07) is 4.46. The maximum absolute atomic E-state index is 11.3. The number of allylic oxidation sites excluding steroid dienone is 3. The highest BCUT2D eigenvalue weighted by Crippen LogP contribution is 2.25. The topological polar surface area (TPSA) is 66.8 Å². The van der Waals surface area contributed by atoms with Crippen molar-refractivity contribution in [1.29, 1.82) is 0 Å². The van der Waals surface area contributed by atoms with Crippen molar-refractivity contribution >= 4 is 12.0 Å². The lowest BCUT2D eigenvalue weighted by atomic mass is 10.2. The van der Waals surface area contributed by atoms with Gasteiger partial charge in [-0.15, -0.1) is 0 Å². The van der Waals surface area contributed by atoms with Crippen LogP contribution in [0, 0.1) is 0 Å². The van der Waals surface area contributed by atoms with Crippen LogP contribution in [0.2, 0.25) is 0 Å². The number of aromatic hydroxyl groups is 2. The Labute approximate surface area is 118 Å². The molecule has 0 aliphatic rings. The summed E-state index contributed by atoms with van der Waals surface area (Å²) in [4.78, 5) is 11.3. The van der Waals surface area contributed by atoms with Crippen LogP contribution in [0.3, 0.4) is 0 Å².